The van der Waals surface area contributed by atoms with E-state index in [-0.39, 0.29) is 11.2 Å². The van der Waals surface area contributed by atoms with Crippen LogP contribution in [0.5, 0.6) is 0 Å². The van der Waals surface area contributed by atoms with Crippen LogP contribution < -0.4 is 0 Å². The van der Waals surface area contributed by atoms with E-state index in [1.54, 1.807) is 0 Å². The molecule has 0 radical (unpaired) electrons. The van der Waals surface area contributed by atoms with E-state index in [1.165, 1.54) is 12.5 Å². The lowest BCUT2D eigenvalue weighted by Gasteiger charge is -2.31. The summed E-state index contributed by atoms with van der Waals surface area (Å²) in [6, 6.07) is 5.29. The first-order valence-corrected chi connectivity index (χ1v) is 7.37. The quantitative estimate of drug-likeness (QED) is 0.659. The number of benzene rings is 1. The van der Waals surface area contributed by atoms with E-state index in [4.69, 9.17) is 11.6 Å². The second kappa shape index (κ2) is 5.71. The van der Waals surface area contributed by atoms with Crippen molar-refractivity contribution >= 4 is 27.5 Å². The van der Waals surface area contributed by atoms with Gasteiger partial charge in [-0.2, -0.15) is 0 Å². The lowest BCUT2D eigenvalue weighted by molar-refractivity contribution is 0.285. The lowest BCUT2D eigenvalue weighted by atomic mass is 9.79. The molecule has 2 rings (SSSR count). The molecule has 94 valence electrons. The Morgan fingerprint density at radius 1 is 1.41 bits per heavy atom. The molecular formula is C14H17BrClF. The third-order valence-corrected chi connectivity index (χ3v) is 4.72. The smallest absolute Gasteiger partial charge is 0.127 e. The summed E-state index contributed by atoms with van der Waals surface area (Å²) >= 11 is 9.63. The minimum Gasteiger partial charge on any atom is -0.207 e. The Kier molecular flexibility index (Phi) is 4.48. The molecule has 1 fully saturated rings. The third kappa shape index (κ3) is 3.45. The highest BCUT2D eigenvalue weighted by Gasteiger charge is 2.27. The standard InChI is InChI=1S/C14H17BrClF/c1-9-2-5-13(16)11(6-9)7-10-3-4-12(15)8-14(10)17/h3-4,8-9,11,13H,2,5-7H2,1H3. The van der Waals surface area contributed by atoms with Crippen molar-refractivity contribution in [3.8, 4) is 0 Å². The average molecular weight is 320 g/mol. The van der Waals surface area contributed by atoms with E-state index >= 15 is 0 Å². The first-order chi connectivity index (χ1) is 8.06. The maximum Gasteiger partial charge on any atom is 0.127 e. The van der Waals surface area contributed by atoms with Gasteiger partial charge in [-0.1, -0.05) is 28.9 Å². The normalized spacial score (nSPS) is 29.3. The largest absolute Gasteiger partial charge is 0.207 e. The van der Waals surface area contributed by atoms with Gasteiger partial charge >= 0.3 is 0 Å². The Bertz CT molecular complexity index is 394. The number of halogens is 3. The van der Waals surface area contributed by atoms with Gasteiger partial charge in [-0.25, -0.2) is 4.39 Å². The highest BCUT2D eigenvalue weighted by molar-refractivity contribution is 9.10. The van der Waals surface area contributed by atoms with Crippen LogP contribution in [0.25, 0.3) is 0 Å². The Hall–Kier alpha value is -0.0800. The molecule has 17 heavy (non-hydrogen) atoms. The zero-order valence-electron chi connectivity index (χ0n) is 9.93. The second-order valence-corrected chi connectivity index (χ2v) is 6.61. The van der Waals surface area contributed by atoms with E-state index in [2.05, 4.69) is 22.9 Å². The van der Waals surface area contributed by atoms with Gasteiger partial charge in [0.2, 0.25) is 0 Å². The monoisotopic (exact) mass is 318 g/mol. The molecule has 1 saturated carbocycles. The maximum absolute atomic E-state index is 13.8. The molecule has 0 heterocycles. The van der Waals surface area contributed by atoms with Crippen molar-refractivity contribution in [3.63, 3.8) is 0 Å². The number of rotatable bonds is 2. The highest BCUT2D eigenvalue weighted by atomic mass is 79.9. The van der Waals surface area contributed by atoms with Gasteiger partial charge in [0.05, 0.1) is 0 Å². The van der Waals surface area contributed by atoms with Gasteiger partial charge in [-0.05, 0) is 55.2 Å². The fraction of sp³-hybridized carbons (Fsp3) is 0.571. The molecule has 0 amide bonds. The van der Waals surface area contributed by atoms with Gasteiger partial charge in [-0.3, -0.25) is 0 Å². The van der Waals surface area contributed by atoms with Gasteiger partial charge in [0.15, 0.2) is 0 Å². The third-order valence-electron chi connectivity index (χ3n) is 3.65. The van der Waals surface area contributed by atoms with Crippen molar-refractivity contribution < 1.29 is 4.39 Å². The summed E-state index contributed by atoms with van der Waals surface area (Å²) < 4.78 is 14.5. The van der Waals surface area contributed by atoms with Crippen LogP contribution in [-0.2, 0) is 6.42 Å². The fourth-order valence-electron chi connectivity index (χ4n) is 2.64. The van der Waals surface area contributed by atoms with Crippen LogP contribution in [0.15, 0.2) is 22.7 Å². The second-order valence-electron chi connectivity index (χ2n) is 5.13. The number of hydrogen-bond donors (Lipinski definition) is 0. The van der Waals surface area contributed by atoms with Crippen molar-refractivity contribution in [1.29, 1.82) is 0 Å². The molecule has 0 nitrogen and oxygen atoms in total. The van der Waals surface area contributed by atoms with Crippen LogP contribution >= 0.6 is 27.5 Å². The lowest BCUT2D eigenvalue weighted by Crippen LogP contribution is -2.26. The van der Waals surface area contributed by atoms with Crippen LogP contribution in [0.1, 0.15) is 31.7 Å². The summed E-state index contributed by atoms with van der Waals surface area (Å²) in [6.45, 7) is 2.26. The molecule has 0 spiro atoms. The summed E-state index contributed by atoms with van der Waals surface area (Å²) in [6.07, 6.45) is 4.14. The molecule has 0 N–H and O–H groups in total. The zero-order valence-corrected chi connectivity index (χ0v) is 12.3. The molecule has 1 aromatic carbocycles. The molecule has 3 atom stereocenters. The molecule has 1 aromatic rings. The molecule has 1 aliphatic rings. The summed E-state index contributed by atoms with van der Waals surface area (Å²) in [5.74, 6) is 1.01. The summed E-state index contributed by atoms with van der Waals surface area (Å²) in [4.78, 5) is 0. The van der Waals surface area contributed by atoms with Crippen molar-refractivity contribution in [1.82, 2.24) is 0 Å². The Morgan fingerprint density at radius 3 is 2.88 bits per heavy atom. The van der Waals surface area contributed by atoms with Crippen molar-refractivity contribution in [2.45, 2.75) is 38.0 Å². The first-order valence-electron chi connectivity index (χ1n) is 6.14. The van der Waals surface area contributed by atoms with E-state index in [0.717, 1.165) is 29.3 Å². The van der Waals surface area contributed by atoms with Gasteiger partial charge in [0.25, 0.3) is 0 Å². The van der Waals surface area contributed by atoms with Gasteiger partial charge in [0.1, 0.15) is 5.82 Å². The Balaban J connectivity index is 2.08. The van der Waals surface area contributed by atoms with E-state index < -0.39 is 0 Å². The van der Waals surface area contributed by atoms with Gasteiger partial charge in [-0.15, -0.1) is 11.6 Å². The highest BCUT2D eigenvalue weighted by Crippen LogP contribution is 2.35. The fourth-order valence-corrected chi connectivity index (χ4v) is 3.29. The van der Waals surface area contributed by atoms with Gasteiger partial charge < -0.3 is 0 Å². The summed E-state index contributed by atoms with van der Waals surface area (Å²) in [5.41, 5.74) is 0.790. The molecule has 1 aliphatic carbocycles. The Morgan fingerprint density at radius 2 is 2.18 bits per heavy atom. The maximum atomic E-state index is 13.8. The van der Waals surface area contributed by atoms with Crippen LogP contribution in [0.3, 0.4) is 0 Å². The SMILES string of the molecule is CC1CCC(Cl)C(Cc2ccc(Br)cc2F)C1. The van der Waals surface area contributed by atoms with Crippen LogP contribution in [0, 0.1) is 17.7 Å². The van der Waals surface area contributed by atoms with Crippen LogP contribution in [-0.4, -0.2) is 5.38 Å². The molecule has 0 saturated heterocycles. The molecule has 0 aromatic heterocycles. The zero-order chi connectivity index (χ0) is 12.4. The first kappa shape index (κ1) is 13.4. The van der Waals surface area contributed by atoms with E-state index in [1.807, 2.05) is 12.1 Å². The average Bonchev–Trinajstić information content (AvgIpc) is 2.27. The molecular weight excluding hydrogens is 303 g/mol. The van der Waals surface area contributed by atoms with Crippen LogP contribution in [0.2, 0.25) is 0 Å². The minimum absolute atomic E-state index is 0.124. The van der Waals surface area contributed by atoms with Crippen molar-refractivity contribution in [2.75, 3.05) is 0 Å². The van der Waals surface area contributed by atoms with Gasteiger partial charge in [0, 0.05) is 9.85 Å². The Labute approximate surface area is 116 Å². The number of hydrogen-bond acceptors (Lipinski definition) is 0. The predicted octanol–water partition coefficient (Wildman–Crippen LogP) is 5.17. The summed E-state index contributed by atoms with van der Waals surface area (Å²) in [7, 11) is 0. The van der Waals surface area contributed by atoms with E-state index in [0.29, 0.717) is 11.8 Å². The topological polar surface area (TPSA) is 0 Å². The molecule has 3 heteroatoms. The van der Waals surface area contributed by atoms with E-state index in [9.17, 15) is 4.39 Å². The molecule has 0 bridgehead atoms. The van der Waals surface area contributed by atoms with Crippen molar-refractivity contribution in [2.24, 2.45) is 11.8 Å². The van der Waals surface area contributed by atoms with Crippen LogP contribution in [0.4, 0.5) is 4.39 Å². The summed E-state index contributed by atoms with van der Waals surface area (Å²) in [5, 5.41) is 0.203. The number of alkyl halides is 1. The minimum atomic E-state index is -0.124. The van der Waals surface area contributed by atoms with Crippen molar-refractivity contribution in [3.05, 3.63) is 34.1 Å². The predicted molar refractivity (Wildman–Crippen MR) is 74.0 cm³/mol. The molecule has 3 unspecified atom stereocenters. The molecule has 0 aliphatic heterocycles.